The zero-order chi connectivity index (χ0) is 15.4. The topological polar surface area (TPSA) is 72.2 Å². The summed E-state index contributed by atoms with van der Waals surface area (Å²) in [6, 6.07) is 13.7. The van der Waals surface area contributed by atoms with Crippen LogP contribution in [0.2, 0.25) is 0 Å². The number of aromatic nitrogens is 1. The summed E-state index contributed by atoms with van der Waals surface area (Å²) in [5, 5.41) is 2.78. The molecule has 0 aliphatic rings. The molecule has 0 unspecified atom stereocenters. The molecule has 3 rings (SSSR count). The molecule has 0 spiro atoms. The average Bonchev–Trinajstić information content (AvgIpc) is 3.10. The molecule has 0 saturated carbocycles. The van der Waals surface area contributed by atoms with Gasteiger partial charge in [-0.3, -0.25) is 9.59 Å². The summed E-state index contributed by atoms with van der Waals surface area (Å²) in [6.45, 7) is 0. The lowest BCUT2D eigenvalue weighted by Gasteiger charge is -2.06. The van der Waals surface area contributed by atoms with Gasteiger partial charge in [-0.2, -0.15) is 0 Å². The van der Waals surface area contributed by atoms with Crippen LogP contribution in [-0.2, 0) is 0 Å². The predicted molar refractivity (Wildman–Crippen MR) is 81.7 cm³/mol. The van der Waals surface area contributed by atoms with Crippen LogP contribution in [0, 0.1) is 0 Å². The van der Waals surface area contributed by atoms with E-state index in [1.165, 1.54) is 6.26 Å². The summed E-state index contributed by atoms with van der Waals surface area (Å²) in [4.78, 5) is 26.9. The van der Waals surface area contributed by atoms with Gasteiger partial charge in [-0.05, 0) is 36.4 Å². The highest BCUT2D eigenvalue weighted by Crippen LogP contribution is 2.20. The molecule has 2 aromatic carbocycles. The number of amides is 1. The largest absolute Gasteiger partial charge is 0.445 e. The van der Waals surface area contributed by atoms with Gasteiger partial charge in [-0.1, -0.05) is 12.1 Å². The summed E-state index contributed by atoms with van der Waals surface area (Å²) >= 11 is 0. The number of rotatable bonds is 4. The Balaban J connectivity index is 1.75. The number of benzene rings is 2. The highest BCUT2D eigenvalue weighted by atomic mass is 16.3. The second-order valence-corrected chi connectivity index (χ2v) is 4.61. The minimum atomic E-state index is -0.271. The fraction of sp³-hybridized carbons (Fsp3) is 0. The molecule has 0 atom stereocenters. The summed E-state index contributed by atoms with van der Waals surface area (Å²) in [6.07, 6.45) is 3.79. The highest BCUT2D eigenvalue weighted by Gasteiger charge is 2.07. The van der Waals surface area contributed by atoms with Crippen LogP contribution in [0.1, 0.15) is 20.7 Å². The van der Waals surface area contributed by atoms with E-state index in [4.69, 9.17) is 4.42 Å². The predicted octanol–water partition coefficient (Wildman–Crippen LogP) is 3.41. The van der Waals surface area contributed by atoms with Crippen molar-refractivity contribution in [2.24, 2.45) is 0 Å². The van der Waals surface area contributed by atoms with Gasteiger partial charge in [0.1, 0.15) is 12.5 Å². The van der Waals surface area contributed by atoms with Crippen molar-refractivity contribution in [1.82, 2.24) is 4.98 Å². The number of hydrogen-bond acceptors (Lipinski definition) is 4. The molecule has 1 N–H and O–H groups in total. The number of aldehydes is 1. The van der Waals surface area contributed by atoms with E-state index in [9.17, 15) is 9.59 Å². The minimum Gasteiger partial charge on any atom is -0.445 e. The first-order valence-corrected chi connectivity index (χ1v) is 6.63. The van der Waals surface area contributed by atoms with Crippen LogP contribution in [0.5, 0.6) is 0 Å². The summed E-state index contributed by atoms with van der Waals surface area (Å²) in [5.41, 5.74) is 2.37. The molecule has 5 nitrogen and oxygen atoms in total. The van der Waals surface area contributed by atoms with Crippen molar-refractivity contribution in [2.75, 3.05) is 5.32 Å². The summed E-state index contributed by atoms with van der Waals surface area (Å²) in [5.74, 6) is 0.254. The Morgan fingerprint density at radius 3 is 2.64 bits per heavy atom. The Hall–Kier alpha value is -3.21. The first kappa shape index (κ1) is 13.8. The Morgan fingerprint density at radius 1 is 1.14 bits per heavy atom. The molecule has 0 fully saturated rings. The third-order valence-corrected chi connectivity index (χ3v) is 3.11. The summed E-state index contributed by atoms with van der Waals surface area (Å²) < 4.78 is 5.20. The highest BCUT2D eigenvalue weighted by molar-refractivity contribution is 6.05. The zero-order valence-electron chi connectivity index (χ0n) is 11.5. The second kappa shape index (κ2) is 6.05. The Morgan fingerprint density at radius 2 is 1.95 bits per heavy atom. The van der Waals surface area contributed by atoms with Gasteiger partial charge in [0.2, 0.25) is 5.89 Å². The number of carbonyl (C=O) groups is 2. The first-order valence-electron chi connectivity index (χ1n) is 6.63. The average molecular weight is 292 g/mol. The van der Waals surface area contributed by atoms with E-state index >= 15 is 0 Å². The van der Waals surface area contributed by atoms with Crippen LogP contribution in [0.25, 0.3) is 11.5 Å². The minimum absolute atomic E-state index is 0.271. The first-order chi connectivity index (χ1) is 10.8. The van der Waals surface area contributed by atoms with Crippen molar-refractivity contribution < 1.29 is 14.0 Å². The van der Waals surface area contributed by atoms with Gasteiger partial charge in [0.25, 0.3) is 5.91 Å². The van der Waals surface area contributed by atoms with E-state index in [0.717, 1.165) is 5.56 Å². The smallest absolute Gasteiger partial charge is 0.255 e. The van der Waals surface area contributed by atoms with Gasteiger partial charge in [-0.15, -0.1) is 0 Å². The van der Waals surface area contributed by atoms with E-state index < -0.39 is 0 Å². The van der Waals surface area contributed by atoms with E-state index in [2.05, 4.69) is 10.3 Å². The van der Waals surface area contributed by atoms with Crippen molar-refractivity contribution in [3.63, 3.8) is 0 Å². The maximum Gasteiger partial charge on any atom is 0.255 e. The van der Waals surface area contributed by atoms with E-state index in [1.54, 1.807) is 42.6 Å². The molecule has 1 heterocycles. The maximum atomic E-state index is 12.1. The molecule has 108 valence electrons. The number of oxazole rings is 1. The molecule has 0 saturated heterocycles. The van der Waals surface area contributed by atoms with Gasteiger partial charge in [0, 0.05) is 22.4 Å². The number of carbonyl (C=O) groups excluding carboxylic acids is 2. The van der Waals surface area contributed by atoms with Gasteiger partial charge >= 0.3 is 0 Å². The van der Waals surface area contributed by atoms with E-state index in [0.29, 0.717) is 29.0 Å². The Bertz CT molecular complexity index is 793. The zero-order valence-corrected chi connectivity index (χ0v) is 11.5. The lowest BCUT2D eigenvalue weighted by atomic mass is 10.1. The van der Waals surface area contributed by atoms with Gasteiger partial charge in [0.15, 0.2) is 0 Å². The molecule has 22 heavy (non-hydrogen) atoms. The fourth-order valence-corrected chi connectivity index (χ4v) is 2.02. The van der Waals surface area contributed by atoms with E-state index in [1.807, 2.05) is 12.1 Å². The second-order valence-electron chi connectivity index (χ2n) is 4.61. The number of nitrogens with one attached hydrogen (secondary N) is 1. The molecule has 3 aromatic rings. The quantitative estimate of drug-likeness (QED) is 0.748. The van der Waals surface area contributed by atoms with Crippen LogP contribution < -0.4 is 5.32 Å². The van der Waals surface area contributed by atoms with Crippen molar-refractivity contribution >= 4 is 17.9 Å². The van der Waals surface area contributed by atoms with Crippen LogP contribution >= 0.6 is 0 Å². The fourth-order valence-electron chi connectivity index (χ4n) is 2.02. The van der Waals surface area contributed by atoms with Gasteiger partial charge in [0.05, 0.1) is 6.20 Å². The van der Waals surface area contributed by atoms with Crippen LogP contribution in [0.3, 0.4) is 0 Å². The SMILES string of the molecule is O=Cc1cccc(C(=O)Nc2ccc(-c3ncco3)cc2)c1. The molecule has 1 aromatic heterocycles. The van der Waals surface area contributed by atoms with Gasteiger partial charge in [-0.25, -0.2) is 4.98 Å². The van der Waals surface area contributed by atoms with Crippen LogP contribution in [0.4, 0.5) is 5.69 Å². The maximum absolute atomic E-state index is 12.1. The van der Waals surface area contributed by atoms with Crippen molar-refractivity contribution in [2.45, 2.75) is 0 Å². The van der Waals surface area contributed by atoms with Crippen molar-refractivity contribution in [1.29, 1.82) is 0 Å². The third-order valence-electron chi connectivity index (χ3n) is 3.11. The number of hydrogen-bond donors (Lipinski definition) is 1. The molecule has 0 bridgehead atoms. The molecule has 0 aliphatic carbocycles. The van der Waals surface area contributed by atoms with Crippen molar-refractivity contribution in [3.8, 4) is 11.5 Å². The van der Waals surface area contributed by atoms with Crippen LogP contribution in [0.15, 0.2) is 65.4 Å². The summed E-state index contributed by atoms with van der Waals surface area (Å²) in [7, 11) is 0. The third kappa shape index (κ3) is 2.93. The Kier molecular flexibility index (Phi) is 3.78. The molecular weight excluding hydrogens is 280 g/mol. The molecule has 0 radical (unpaired) electrons. The monoisotopic (exact) mass is 292 g/mol. The van der Waals surface area contributed by atoms with E-state index in [-0.39, 0.29) is 5.91 Å². The lowest BCUT2D eigenvalue weighted by Crippen LogP contribution is -2.12. The molecule has 5 heteroatoms. The number of nitrogens with zero attached hydrogens (tertiary/aromatic N) is 1. The standard InChI is InChI=1S/C17H12N2O3/c20-11-12-2-1-3-14(10-12)16(21)19-15-6-4-13(5-7-15)17-18-8-9-22-17/h1-11H,(H,19,21). The molecular formula is C17H12N2O3. The lowest BCUT2D eigenvalue weighted by molar-refractivity contribution is 0.102. The molecule has 0 aliphatic heterocycles. The normalized spacial score (nSPS) is 10.2. The van der Waals surface area contributed by atoms with Crippen molar-refractivity contribution in [3.05, 3.63) is 72.1 Å². The number of anilines is 1. The molecule has 1 amide bonds. The Labute approximate surface area is 126 Å². The van der Waals surface area contributed by atoms with Gasteiger partial charge < -0.3 is 9.73 Å². The van der Waals surface area contributed by atoms with Crippen LogP contribution in [-0.4, -0.2) is 17.2 Å².